The number of hydrogen-bond donors (Lipinski definition) is 2. The third-order valence-electron chi connectivity index (χ3n) is 3.35. The van der Waals surface area contributed by atoms with Crippen LogP contribution in [0.2, 0.25) is 0 Å². The predicted molar refractivity (Wildman–Crippen MR) is 81.3 cm³/mol. The molecule has 0 aliphatic heterocycles. The van der Waals surface area contributed by atoms with Crippen LogP contribution < -0.4 is 5.32 Å². The molecule has 2 nitrogen and oxygen atoms in total. The van der Waals surface area contributed by atoms with Gasteiger partial charge in [-0.3, -0.25) is 0 Å². The van der Waals surface area contributed by atoms with Gasteiger partial charge in [0.05, 0.1) is 11.7 Å². The minimum absolute atomic E-state index is 0.0967. The summed E-state index contributed by atoms with van der Waals surface area (Å²) >= 11 is 1.63. The predicted octanol–water partition coefficient (Wildman–Crippen LogP) is 4.19. The van der Waals surface area contributed by atoms with Gasteiger partial charge in [-0.15, -0.1) is 11.3 Å². The number of aliphatic hydroxyl groups excluding tert-OH is 1. The monoisotopic (exact) mass is 311 g/mol. The molecule has 21 heavy (non-hydrogen) atoms. The van der Waals surface area contributed by atoms with Crippen LogP contribution in [0.1, 0.15) is 42.4 Å². The second kappa shape index (κ2) is 7.64. The fourth-order valence-electron chi connectivity index (χ4n) is 2.31. The van der Waals surface area contributed by atoms with Crippen molar-refractivity contribution < 1.29 is 13.9 Å². The molecule has 0 aliphatic rings. The zero-order chi connectivity index (χ0) is 15.2. The van der Waals surface area contributed by atoms with E-state index < -0.39 is 17.7 Å². The Morgan fingerprint density at radius 2 is 1.90 bits per heavy atom. The average Bonchev–Trinajstić information content (AvgIpc) is 2.97. The fraction of sp³-hybridized carbons (Fsp3) is 0.375. The van der Waals surface area contributed by atoms with Gasteiger partial charge < -0.3 is 10.4 Å². The molecule has 1 aromatic carbocycles. The fourth-order valence-corrected chi connectivity index (χ4v) is 3.14. The molecule has 2 rings (SSSR count). The average molecular weight is 311 g/mol. The molecule has 0 spiro atoms. The van der Waals surface area contributed by atoms with Gasteiger partial charge in [-0.05, 0) is 30.0 Å². The number of benzene rings is 1. The van der Waals surface area contributed by atoms with Gasteiger partial charge in [0, 0.05) is 17.5 Å². The van der Waals surface area contributed by atoms with Crippen molar-refractivity contribution in [2.75, 3.05) is 6.54 Å². The molecule has 0 amide bonds. The van der Waals surface area contributed by atoms with E-state index >= 15 is 0 Å². The summed E-state index contributed by atoms with van der Waals surface area (Å²) in [5.74, 6) is -1.43. The van der Waals surface area contributed by atoms with Gasteiger partial charge in [0.15, 0.2) is 0 Å². The Bertz CT molecular complexity index is 539. The Balaban J connectivity index is 2.03. The summed E-state index contributed by atoms with van der Waals surface area (Å²) in [4.78, 5) is 1.16. The van der Waals surface area contributed by atoms with Gasteiger partial charge in [-0.1, -0.05) is 25.5 Å². The van der Waals surface area contributed by atoms with Crippen LogP contribution >= 0.6 is 11.3 Å². The first-order valence-electron chi connectivity index (χ1n) is 7.02. The Labute approximate surface area is 127 Å². The zero-order valence-corrected chi connectivity index (χ0v) is 12.7. The van der Waals surface area contributed by atoms with E-state index in [0.717, 1.165) is 29.9 Å². The lowest BCUT2D eigenvalue weighted by Crippen LogP contribution is -2.27. The van der Waals surface area contributed by atoms with Crippen LogP contribution in [-0.2, 0) is 0 Å². The van der Waals surface area contributed by atoms with Crippen LogP contribution in [0.4, 0.5) is 8.78 Å². The highest BCUT2D eigenvalue weighted by atomic mass is 32.1. The smallest absolute Gasteiger partial charge is 0.131 e. The van der Waals surface area contributed by atoms with E-state index in [1.54, 1.807) is 11.3 Å². The summed E-state index contributed by atoms with van der Waals surface area (Å²) in [5, 5.41) is 15.3. The van der Waals surface area contributed by atoms with Gasteiger partial charge in [0.25, 0.3) is 0 Å². The van der Waals surface area contributed by atoms with E-state index in [1.807, 2.05) is 17.5 Å². The molecule has 5 heteroatoms. The van der Waals surface area contributed by atoms with E-state index in [0.29, 0.717) is 0 Å². The molecule has 0 bridgehead atoms. The van der Waals surface area contributed by atoms with Crippen LogP contribution in [0.15, 0.2) is 35.7 Å². The third-order valence-corrected chi connectivity index (χ3v) is 4.34. The number of nitrogens with one attached hydrogen (secondary N) is 1. The summed E-state index contributed by atoms with van der Waals surface area (Å²) in [6.45, 7) is 2.19. The highest BCUT2D eigenvalue weighted by Crippen LogP contribution is 2.25. The lowest BCUT2D eigenvalue weighted by Gasteiger charge is -2.20. The minimum Gasteiger partial charge on any atom is -0.387 e. The van der Waals surface area contributed by atoms with Crippen molar-refractivity contribution in [2.45, 2.75) is 31.9 Å². The summed E-state index contributed by atoms with van der Waals surface area (Å²) in [5.41, 5.74) is -0.272. The maximum atomic E-state index is 13.6. The first kappa shape index (κ1) is 16.1. The zero-order valence-electron chi connectivity index (χ0n) is 11.9. The summed E-state index contributed by atoms with van der Waals surface area (Å²) in [7, 11) is 0. The van der Waals surface area contributed by atoms with Gasteiger partial charge in [0.1, 0.15) is 11.6 Å². The van der Waals surface area contributed by atoms with Crippen molar-refractivity contribution in [1.29, 1.82) is 0 Å². The quantitative estimate of drug-likeness (QED) is 0.803. The lowest BCUT2D eigenvalue weighted by atomic mass is 10.1. The molecule has 0 fully saturated rings. The number of hydrogen-bond acceptors (Lipinski definition) is 3. The van der Waals surface area contributed by atoms with E-state index in [2.05, 4.69) is 12.2 Å². The van der Waals surface area contributed by atoms with E-state index in [9.17, 15) is 13.9 Å². The summed E-state index contributed by atoms with van der Waals surface area (Å²) < 4.78 is 27.2. The van der Waals surface area contributed by atoms with Gasteiger partial charge in [-0.2, -0.15) is 0 Å². The minimum atomic E-state index is -1.20. The maximum Gasteiger partial charge on any atom is 0.131 e. The summed E-state index contributed by atoms with van der Waals surface area (Å²) in [6, 6.07) is 7.69. The molecule has 2 N–H and O–H groups in total. The Morgan fingerprint density at radius 3 is 2.48 bits per heavy atom. The highest BCUT2D eigenvalue weighted by Gasteiger charge is 2.19. The van der Waals surface area contributed by atoms with Crippen molar-refractivity contribution >= 4 is 11.3 Å². The number of aliphatic hydroxyl groups is 1. The summed E-state index contributed by atoms with van der Waals surface area (Å²) in [6.07, 6.45) is 0.692. The topological polar surface area (TPSA) is 32.3 Å². The van der Waals surface area contributed by atoms with Crippen LogP contribution in [-0.4, -0.2) is 11.7 Å². The molecule has 2 atom stereocenters. The van der Waals surface area contributed by atoms with Crippen molar-refractivity contribution in [1.82, 2.24) is 5.32 Å². The highest BCUT2D eigenvalue weighted by molar-refractivity contribution is 7.10. The van der Waals surface area contributed by atoms with Crippen molar-refractivity contribution in [3.63, 3.8) is 0 Å². The van der Waals surface area contributed by atoms with E-state index in [-0.39, 0.29) is 18.2 Å². The molecule has 1 heterocycles. The second-order valence-corrected chi connectivity index (χ2v) is 5.90. The number of thiophene rings is 1. The molecular weight excluding hydrogens is 292 g/mol. The Kier molecular flexibility index (Phi) is 5.85. The second-order valence-electron chi connectivity index (χ2n) is 4.92. The van der Waals surface area contributed by atoms with E-state index in [1.165, 1.54) is 6.07 Å². The van der Waals surface area contributed by atoms with Crippen LogP contribution in [0.25, 0.3) is 0 Å². The standard InChI is InChI=1S/C16H19F2NOS/c1-2-5-13(15-8-4-9-21-15)19-10-14(20)16-11(17)6-3-7-12(16)18/h3-4,6-9,13-14,19-20H,2,5,10H2,1H3. The first-order chi connectivity index (χ1) is 10.1. The van der Waals surface area contributed by atoms with Crippen molar-refractivity contribution in [3.8, 4) is 0 Å². The van der Waals surface area contributed by atoms with Gasteiger partial charge >= 0.3 is 0 Å². The molecular formula is C16H19F2NOS. The maximum absolute atomic E-state index is 13.6. The van der Waals surface area contributed by atoms with E-state index in [4.69, 9.17) is 0 Å². The van der Waals surface area contributed by atoms with Crippen molar-refractivity contribution in [2.24, 2.45) is 0 Å². The number of halogens is 2. The first-order valence-corrected chi connectivity index (χ1v) is 7.90. The van der Waals surface area contributed by atoms with Gasteiger partial charge in [0.2, 0.25) is 0 Å². The Morgan fingerprint density at radius 1 is 1.19 bits per heavy atom. The third kappa shape index (κ3) is 4.09. The molecule has 2 aromatic rings. The SMILES string of the molecule is CCCC(NCC(O)c1c(F)cccc1F)c1cccs1. The van der Waals surface area contributed by atoms with Crippen LogP contribution in [0, 0.1) is 11.6 Å². The van der Waals surface area contributed by atoms with Gasteiger partial charge in [-0.25, -0.2) is 8.78 Å². The molecule has 0 aliphatic carbocycles. The molecule has 0 radical (unpaired) electrons. The molecule has 1 aromatic heterocycles. The number of rotatable bonds is 7. The van der Waals surface area contributed by atoms with Crippen LogP contribution in [0.3, 0.4) is 0 Å². The molecule has 114 valence electrons. The molecule has 0 saturated heterocycles. The molecule has 0 saturated carbocycles. The van der Waals surface area contributed by atoms with Crippen molar-refractivity contribution in [3.05, 3.63) is 57.8 Å². The lowest BCUT2D eigenvalue weighted by molar-refractivity contribution is 0.160. The normalized spacial score (nSPS) is 14.1. The largest absolute Gasteiger partial charge is 0.387 e. The Hall–Kier alpha value is -1.30. The molecule has 2 unspecified atom stereocenters. The van der Waals surface area contributed by atoms with Crippen LogP contribution in [0.5, 0.6) is 0 Å².